The van der Waals surface area contributed by atoms with E-state index in [1.165, 1.54) is 11.1 Å². The Morgan fingerprint density at radius 2 is 2.12 bits per heavy atom. The van der Waals surface area contributed by atoms with Crippen LogP contribution >= 0.6 is 0 Å². The van der Waals surface area contributed by atoms with Gasteiger partial charge in [-0.2, -0.15) is 0 Å². The molecule has 0 heterocycles. The fourth-order valence-corrected chi connectivity index (χ4v) is 1.57. The highest BCUT2D eigenvalue weighted by Gasteiger charge is 2.05. The molecule has 1 aromatic carbocycles. The molecule has 3 heteroatoms. The normalized spacial score (nSPS) is 10.2. The number of aryl methyl sites for hydroxylation is 2. The first kappa shape index (κ1) is 12.7. The van der Waals surface area contributed by atoms with Gasteiger partial charge in [0.2, 0.25) is 5.91 Å². The summed E-state index contributed by atoms with van der Waals surface area (Å²) in [5, 5.41) is 2.81. The standard InChI is InChI=1S/C13H19NO2/c1-10-4-5-12(11(2)8-10)9-13(15)14-6-7-16-3/h4-5,8H,6-7,9H2,1-3H3,(H,14,15). The average Bonchev–Trinajstić information content (AvgIpc) is 2.23. The summed E-state index contributed by atoms with van der Waals surface area (Å²) >= 11 is 0. The number of ether oxygens (including phenoxy) is 1. The number of rotatable bonds is 5. The van der Waals surface area contributed by atoms with E-state index < -0.39 is 0 Å². The molecule has 0 saturated heterocycles. The van der Waals surface area contributed by atoms with Crippen molar-refractivity contribution in [2.75, 3.05) is 20.3 Å². The fourth-order valence-electron chi connectivity index (χ4n) is 1.57. The van der Waals surface area contributed by atoms with Gasteiger partial charge in [-0.1, -0.05) is 23.8 Å². The minimum Gasteiger partial charge on any atom is -0.383 e. The highest BCUT2D eigenvalue weighted by molar-refractivity contribution is 5.78. The summed E-state index contributed by atoms with van der Waals surface area (Å²) in [4.78, 5) is 11.6. The maximum atomic E-state index is 11.6. The Bertz CT molecular complexity index is 361. The van der Waals surface area contributed by atoms with Gasteiger partial charge in [-0.05, 0) is 25.0 Å². The van der Waals surface area contributed by atoms with Gasteiger partial charge in [-0.3, -0.25) is 4.79 Å². The Labute approximate surface area is 96.8 Å². The van der Waals surface area contributed by atoms with E-state index in [0.29, 0.717) is 19.6 Å². The van der Waals surface area contributed by atoms with Crippen molar-refractivity contribution in [3.8, 4) is 0 Å². The van der Waals surface area contributed by atoms with Crippen molar-refractivity contribution in [1.29, 1.82) is 0 Å². The Balaban J connectivity index is 2.49. The summed E-state index contributed by atoms with van der Waals surface area (Å²) in [5.41, 5.74) is 3.48. The average molecular weight is 221 g/mol. The molecule has 1 N–H and O–H groups in total. The third-order valence-corrected chi connectivity index (χ3v) is 2.48. The Kier molecular flexibility index (Phi) is 4.99. The van der Waals surface area contributed by atoms with Crippen LogP contribution in [0.4, 0.5) is 0 Å². The monoisotopic (exact) mass is 221 g/mol. The van der Waals surface area contributed by atoms with Crippen molar-refractivity contribution in [3.05, 3.63) is 34.9 Å². The second-order valence-electron chi connectivity index (χ2n) is 3.95. The van der Waals surface area contributed by atoms with Gasteiger partial charge < -0.3 is 10.1 Å². The zero-order valence-electron chi connectivity index (χ0n) is 10.2. The zero-order valence-corrected chi connectivity index (χ0v) is 10.2. The molecule has 3 nitrogen and oxygen atoms in total. The zero-order chi connectivity index (χ0) is 12.0. The topological polar surface area (TPSA) is 38.3 Å². The SMILES string of the molecule is COCCNC(=O)Cc1ccc(C)cc1C. The number of methoxy groups -OCH3 is 1. The molecule has 0 aliphatic carbocycles. The molecule has 0 unspecified atom stereocenters. The lowest BCUT2D eigenvalue weighted by atomic mass is 10.0. The van der Waals surface area contributed by atoms with Crippen LogP contribution in [0.5, 0.6) is 0 Å². The number of benzene rings is 1. The van der Waals surface area contributed by atoms with Gasteiger partial charge in [-0.25, -0.2) is 0 Å². The van der Waals surface area contributed by atoms with E-state index in [2.05, 4.69) is 18.3 Å². The molecular formula is C13H19NO2. The van der Waals surface area contributed by atoms with E-state index in [-0.39, 0.29) is 5.91 Å². The molecule has 0 fully saturated rings. The first-order valence-corrected chi connectivity index (χ1v) is 5.45. The lowest BCUT2D eigenvalue weighted by molar-refractivity contribution is -0.120. The Morgan fingerprint density at radius 1 is 1.38 bits per heavy atom. The minimum atomic E-state index is 0.0454. The molecule has 88 valence electrons. The van der Waals surface area contributed by atoms with Crippen LogP contribution in [0.15, 0.2) is 18.2 Å². The number of nitrogens with one attached hydrogen (secondary N) is 1. The molecule has 0 aliphatic rings. The first-order chi connectivity index (χ1) is 7.63. The second-order valence-corrected chi connectivity index (χ2v) is 3.95. The largest absolute Gasteiger partial charge is 0.383 e. The van der Waals surface area contributed by atoms with E-state index in [0.717, 1.165) is 5.56 Å². The third kappa shape index (κ3) is 4.03. The second kappa shape index (κ2) is 6.28. The number of hydrogen-bond acceptors (Lipinski definition) is 2. The summed E-state index contributed by atoms with van der Waals surface area (Å²) in [5.74, 6) is 0.0454. The van der Waals surface area contributed by atoms with Crippen LogP contribution < -0.4 is 5.32 Å². The van der Waals surface area contributed by atoms with Crippen LogP contribution in [0.2, 0.25) is 0 Å². The molecule has 1 aromatic rings. The molecule has 0 aromatic heterocycles. The predicted molar refractivity (Wildman–Crippen MR) is 64.5 cm³/mol. The molecule has 0 bridgehead atoms. The number of carbonyl (C=O) groups is 1. The molecule has 16 heavy (non-hydrogen) atoms. The summed E-state index contributed by atoms with van der Waals surface area (Å²) in [6, 6.07) is 6.14. The summed E-state index contributed by atoms with van der Waals surface area (Å²) < 4.78 is 4.87. The van der Waals surface area contributed by atoms with Gasteiger partial charge in [0, 0.05) is 13.7 Å². The number of carbonyl (C=O) groups excluding carboxylic acids is 1. The molecule has 0 radical (unpaired) electrons. The molecule has 1 amide bonds. The predicted octanol–water partition coefficient (Wildman–Crippen LogP) is 1.61. The van der Waals surface area contributed by atoms with Crippen molar-refractivity contribution >= 4 is 5.91 Å². The lowest BCUT2D eigenvalue weighted by Crippen LogP contribution is -2.28. The minimum absolute atomic E-state index is 0.0454. The number of hydrogen-bond donors (Lipinski definition) is 1. The maximum Gasteiger partial charge on any atom is 0.224 e. The smallest absolute Gasteiger partial charge is 0.224 e. The van der Waals surface area contributed by atoms with Crippen molar-refractivity contribution < 1.29 is 9.53 Å². The Hall–Kier alpha value is -1.35. The van der Waals surface area contributed by atoms with Gasteiger partial charge in [0.1, 0.15) is 0 Å². The van der Waals surface area contributed by atoms with Crippen LogP contribution in [-0.4, -0.2) is 26.2 Å². The van der Waals surface area contributed by atoms with E-state index in [9.17, 15) is 4.79 Å². The van der Waals surface area contributed by atoms with Crippen LogP contribution in [0.3, 0.4) is 0 Å². The Morgan fingerprint density at radius 3 is 2.75 bits per heavy atom. The molecule has 0 atom stereocenters. The van der Waals surface area contributed by atoms with Gasteiger partial charge in [-0.15, -0.1) is 0 Å². The van der Waals surface area contributed by atoms with Crippen LogP contribution in [0.25, 0.3) is 0 Å². The third-order valence-electron chi connectivity index (χ3n) is 2.48. The first-order valence-electron chi connectivity index (χ1n) is 5.45. The quantitative estimate of drug-likeness (QED) is 0.767. The van der Waals surface area contributed by atoms with Crippen LogP contribution in [0, 0.1) is 13.8 Å². The van der Waals surface area contributed by atoms with Gasteiger partial charge in [0.05, 0.1) is 13.0 Å². The molecular weight excluding hydrogens is 202 g/mol. The van der Waals surface area contributed by atoms with Crippen molar-refractivity contribution in [2.24, 2.45) is 0 Å². The van der Waals surface area contributed by atoms with E-state index in [1.54, 1.807) is 7.11 Å². The van der Waals surface area contributed by atoms with Gasteiger partial charge in [0.25, 0.3) is 0 Å². The molecule has 0 spiro atoms. The fraction of sp³-hybridized carbons (Fsp3) is 0.462. The summed E-state index contributed by atoms with van der Waals surface area (Å²) in [7, 11) is 1.62. The van der Waals surface area contributed by atoms with Crippen molar-refractivity contribution in [2.45, 2.75) is 20.3 Å². The maximum absolute atomic E-state index is 11.6. The lowest BCUT2D eigenvalue weighted by Gasteiger charge is -2.07. The van der Waals surface area contributed by atoms with Crippen LogP contribution in [0.1, 0.15) is 16.7 Å². The summed E-state index contributed by atoms with van der Waals surface area (Å²) in [6.45, 7) is 5.21. The van der Waals surface area contributed by atoms with E-state index in [4.69, 9.17) is 4.74 Å². The van der Waals surface area contributed by atoms with Gasteiger partial charge >= 0.3 is 0 Å². The highest BCUT2D eigenvalue weighted by Crippen LogP contribution is 2.10. The number of amides is 1. The van der Waals surface area contributed by atoms with Gasteiger partial charge in [0.15, 0.2) is 0 Å². The van der Waals surface area contributed by atoms with Crippen molar-refractivity contribution in [3.63, 3.8) is 0 Å². The molecule has 0 saturated carbocycles. The highest BCUT2D eigenvalue weighted by atomic mass is 16.5. The van der Waals surface area contributed by atoms with E-state index >= 15 is 0 Å². The molecule has 1 rings (SSSR count). The van der Waals surface area contributed by atoms with Crippen molar-refractivity contribution in [1.82, 2.24) is 5.32 Å². The molecule has 0 aliphatic heterocycles. The van der Waals surface area contributed by atoms with E-state index in [1.807, 2.05) is 19.1 Å². The summed E-state index contributed by atoms with van der Waals surface area (Å²) in [6.07, 6.45) is 0.440. The van der Waals surface area contributed by atoms with Crippen LogP contribution in [-0.2, 0) is 16.0 Å².